The third-order valence-corrected chi connectivity index (χ3v) is 2.37. The second-order valence-electron chi connectivity index (χ2n) is 3.17. The topological polar surface area (TPSA) is 34.0 Å². The van der Waals surface area contributed by atoms with Gasteiger partial charge < -0.3 is 0 Å². The van der Waals surface area contributed by atoms with Crippen molar-refractivity contribution in [3.63, 3.8) is 0 Å². The number of hydrogen-bond donors (Lipinski definition) is 0. The van der Waals surface area contributed by atoms with Crippen LogP contribution in [0.4, 0.5) is 0 Å². The monoisotopic (exact) mass is 166 g/mol. The van der Waals surface area contributed by atoms with Gasteiger partial charge in [0.25, 0.3) is 0 Å². The molecule has 2 rings (SSSR count). The maximum Gasteiger partial charge on any atom is 0.0738 e. The molecule has 0 aliphatic carbocycles. The van der Waals surface area contributed by atoms with Crippen molar-refractivity contribution in [3.8, 4) is 0 Å². The standard InChI is InChI=1S/C8H14N4/c1-2-11-4-3-5-12-8(7-11)6-9-10-12/h6H,2-5,7H2,1H3. The van der Waals surface area contributed by atoms with Crippen LogP contribution in [0.3, 0.4) is 0 Å². The van der Waals surface area contributed by atoms with Crippen LogP contribution in [-0.2, 0) is 13.1 Å². The number of hydrogen-bond acceptors (Lipinski definition) is 3. The van der Waals surface area contributed by atoms with Gasteiger partial charge in [0, 0.05) is 19.6 Å². The highest BCUT2D eigenvalue weighted by molar-refractivity contribution is 4.95. The summed E-state index contributed by atoms with van der Waals surface area (Å²) < 4.78 is 2.01. The molecular formula is C8H14N4. The van der Waals surface area contributed by atoms with Crippen LogP contribution in [0.1, 0.15) is 19.0 Å². The molecule has 0 atom stereocenters. The van der Waals surface area contributed by atoms with E-state index in [2.05, 4.69) is 22.1 Å². The van der Waals surface area contributed by atoms with E-state index in [0.29, 0.717) is 0 Å². The van der Waals surface area contributed by atoms with Crippen molar-refractivity contribution in [2.75, 3.05) is 13.1 Å². The molecule has 0 spiro atoms. The normalized spacial score (nSPS) is 18.8. The van der Waals surface area contributed by atoms with E-state index in [1.807, 2.05) is 10.9 Å². The first-order valence-corrected chi connectivity index (χ1v) is 4.50. The Morgan fingerprint density at radius 2 is 2.42 bits per heavy atom. The van der Waals surface area contributed by atoms with E-state index in [-0.39, 0.29) is 0 Å². The lowest BCUT2D eigenvalue weighted by atomic mass is 10.4. The summed E-state index contributed by atoms with van der Waals surface area (Å²) in [6, 6.07) is 0. The molecule has 0 bridgehead atoms. The maximum atomic E-state index is 4.03. The van der Waals surface area contributed by atoms with Crippen LogP contribution >= 0.6 is 0 Å². The molecule has 1 aliphatic heterocycles. The van der Waals surface area contributed by atoms with Crippen LogP contribution in [0.5, 0.6) is 0 Å². The van der Waals surface area contributed by atoms with Crippen molar-refractivity contribution in [3.05, 3.63) is 11.9 Å². The fourth-order valence-electron chi connectivity index (χ4n) is 1.61. The molecule has 0 saturated heterocycles. The fourth-order valence-corrected chi connectivity index (χ4v) is 1.61. The summed E-state index contributed by atoms with van der Waals surface area (Å²) >= 11 is 0. The van der Waals surface area contributed by atoms with Crippen LogP contribution in [0.15, 0.2) is 6.20 Å². The molecule has 0 N–H and O–H groups in total. The average Bonchev–Trinajstić information content (AvgIpc) is 2.43. The number of nitrogens with zero attached hydrogens (tertiary/aromatic N) is 4. The van der Waals surface area contributed by atoms with Crippen LogP contribution in [0.25, 0.3) is 0 Å². The molecule has 0 radical (unpaired) electrons. The van der Waals surface area contributed by atoms with Gasteiger partial charge in [-0.1, -0.05) is 12.1 Å². The average molecular weight is 166 g/mol. The predicted molar refractivity (Wildman–Crippen MR) is 45.6 cm³/mol. The SMILES string of the molecule is CCN1CCCn2nncc2C1. The second kappa shape index (κ2) is 3.23. The highest BCUT2D eigenvalue weighted by Crippen LogP contribution is 2.08. The molecule has 66 valence electrons. The van der Waals surface area contributed by atoms with Gasteiger partial charge in [-0.25, -0.2) is 4.68 Å². The highest BCUT2D eigenvalue weighted by atomic mass is 15.4. The minimum Gasteiger partial charge on any atom is -0.298 e. The molecule has 1 aliphatic rings. The van der Waals surface area contributed by atoms with E-state index in [1.54, 1.807) is 0 Å². The van der Waals surface area contributed by atoms with E-state index in [9.17, 15) is 0 Å². The molecule has 12 heavy (non-hydrogen) atoms. The Hall–Kier alpha value is -0.900. The van der Waals surface area contributed by atoms with Crippen molar-refractivity contribution in [1.29, 1.82) is 0 Å². The Labute approximate surface area is 72.2 Å². The molecule has 2 heterocycles. The third kappa shape index (κ3) is 1.34. The van der Waals surface area contributed by atoms with E-state index >= 15 is 0 Å². The molecule has 4 nitrogen and oxygen atoms in total. The van der Waals surface area contributed by atoms with Gasteiger partial charge in [-0.05, 0) is 13.0 Å². The Balaban J connectivity index is 2.18. The minimum absolute atomic E-state index is 1.00. The molecule has 0 saturated carbocycles. The number of aromatic nitrogens is 3. The van der Waals surface area contributed by atoms with E-state index in [4.69, 9.17) is 0 Å². The molecule has 0 amide bonds. The van der Waals surface area contributed by atoms with Gasteiger partial charge in [0.1, 0.15) is 0 Å². The Kier molecular flexibility index (Phi) is 2.08. The summed E-state index contributed by atoms with van der Waals surface area (Å²) in [5, 5.41) is 7.93. The van der Waals surface area contributed by atoms with Crippen LogP contribution in [-0.4, -0.2) is 33.0 Å². The first-order valence-electron chi connectivity index (χ1n) is 4.50. The maximum absolute atomic E-state index is 4.03. The van der Waals surface area contributed by atoms with Gasteiger partial charge in [-0.2, -0.15) is 0 Å². The zero-order valence-corrected chi connectivity index (χ0v) is 7.40. The van der Waals surface area contributed by atoms with Crippen molar-refractivity contribution < 1.29 is 0 Å². The Bertz CT molecular complexity index is 255. The summed E-state index contributed by atoms with van der Waals surface area (Å²) in [7, 11) is 0. The lowest BCUT2D eigenvalue weighted by Gasteiger charge is -2.15. The Morgan fingerprint density at radius 3 is 3.25 bits per heavy atom. The summed E-state index contributed by atoms with van der Waals surface area (Å²) in [5.74, 6) is 0. The molecular weight excluding hydrogens is 152 g/mol. The quantitative estimate of drug-likeness (QED) is 0.609. The van der Waals surface area contributed by atoms with E-state index in [1.165, 1.54) is 18.7 Å². The van der Waals surface area contributed by atoms with Gasteiger partial charge in [0.2, 0.25) is 0 Å². The summed E-state index contributed by atoms with van der Waals surface area (Å²) in [4.78, 5) is 2.42. The largest absolute Gasteiger partial charge is 0.298 e. The number of rotatable bonds is 1. The van der Waals surface area contributed by atoms with Gasteiger partial charge in [0.15, 0.2) is 0 Å². The van der Waals surface area contributed by atoms with Crippen molar-refractivity contribution >= 4 is 0 Å². The number of aryl methyl sites for hydroxylation is 1. The summed E-state index contributed by atoms with van der Waals surface area (Å²) in [6.07, 6.45) is 3.05. The molecule has 0 unspecified atom stereocenters. The van der Waals surface area contributed by atoms with Gasteiger partial charge in [-0.3, -0.25) is 4.90 Å². The highest BCUT2D eigenvalue weighted by Gasteiger charge is 2.12. The van der Waals surface area contributed by atoms with Crippen LogP contribution in [0, 0.1) is 0 Å². The second-order valence-corrected chi connectivity index (χ2v) is 3.17. The van der Waals surface area contributed by atoms with Gasteiger partial charge in [0.05, 0.1) is 11.9 Å². The zero-order chi connectivity index (χ0) is 8.39. The fraction of sp³-hybridized carbons (Fsp3) is 0.750. The lowest BCUT2D eigenvalue weighted by Crippen LogP contribution is -2.22. The van der Waals surface area contributed by atoms with Crippen LogP contribution < -0.4 is 0 Å². The first-order chi connectivity index (χ1) is 5.90. The minimum atomic E-state index is 1.00. The van der Waals surface area contributed by atoms with Gasteiger partial charge in [-0.15, -0.1) is 5.10 Å². The summed E-state index contributed by atoms with van der Waals surface area (Å²) in [5.41, 5.74) is 1.24. The number of fused-ring (bicyclic) bond motifs is 1. The first kappa shape index (κ1) is 7.73. The van der Waals surface area contributed by atoms with Crippen molar-refractivity contribution in [2.45, 2.75) is 26.4 Å². The Morgan fingerprint density at radius 1 is 1.50 bits per heavy atom. The molecule has 0 fully saturated rings. The molecule has 1 aromatic rings. The molecule has 0 aromatic carbocycles. The van der Waals surface area contributed by atoms with Crippen molar-refractivity contribution in [2.24, 2.45) is 0 Å². The van der Waals surface area contributed by atoms with E-state index in [0.717, 1.165) is 19.6 Å². The molecule has 1 aromatic heterocycles. The molecule has 4 heteroatoms. The third-order valence-electron chi connectivity index (χ3n) is 2.37. The zero-order valence-electron chi connectivity index (χ0n) is 7.40. The smallest absolute Gasteiger partial charge is 0.0738 e. The summed E-state index contributed by atoms with van der Waals surface area (Å²) in [6.45, 7) is 6.51. The predicted octanol–water partition coefficient (Wildman–Crippen LogP) is 0.504. The van der Waals surface area contributed by atoms with Crippen molar-refractivity contribution in [1.82, 2.24) is 19.9 Å². The van der Waals surface area contributed by atoms with E-state index < -0.39 is 0 Å². The lowest BCUT2D eigenvalue weighted by molar-refractivity contribution is 0.284. The van der Waals surface area contributed by atoms with Crippen LogP contribution in [0.2, 0.25) is 0 Å². The van der Waals surface area contributed by atoms with Gasteiger partial charge >= 0.3 is 0 Å².